The number of ether oxygens (including phenoxy) is 1. The average Bonchev–Trinajstić information content (AvgIpc) is 2.78. The number of nitrogens with one attached hydrogen (secondary N) is 2. The van der Waals surface area contributed by atoms with Crippen LogP contribution in [0.2, 0.25) is 5.02 Å². The van der Waals surface area contributed by atoms with Gasteiger partial charge < -0.3 is 15.4 Å². The lowest BCUT2D eigenvalue weighted by atomic mass is 10.1. The molecule has 0 radical (unpaired) electrons. The van der Waals surface area contributed by atoms with E-state index < -0.39 is 6.10 Å². The monoisotopic (exact) mass is 422 g/mol. The molecule has 3 aromatic rings. The summed E-state index contributed by atoms with van der Waals surface area (Å²) in [6.45, 7) is 2.24. The molecule has 3 aromatic carbocycles. The van der Waals surface area contributed by atoms with Gasteiger partial charge in [-0.2, -0.15) is 0 Å². The van der Waals surface area contributed by atoms with Gasteiger partial charge >= 0.3 is 0 Å². The van der Waals surface area contributed by atoms with Crippen LogP contribution in [0.5, 0.6) is 5.75 Å². The van der Waals surface area contributed by atoms with Crippen molar-refractivity contribution in [1.29, 1.82) is 0 Å². The van der Waals surface area contributed by atoms with Crippen LogP contribution in [0.4, 0.5) is 5.69 Å². The molecule has 0 aliphatic carbocycles. The normalized spacial score (nSPS) is 11.4. The fourth-order valence-corrected chi connectivity index (χ4v) is 3.07. The van der Waals surface area contributed by atoms with Crippen LogP contribution in [0.25, 0.3) is 0 Å². The minimum atomic E-state index is -0.745. The van der Waals surface area contributed by atoms with Crippen LogP contribution in [0, 0.1) is 0 Å². The quantitative estimate of drug-likeness (QED) is 0.532. The van der Waals surface area contributed by atoms with E-state index in [1.54, 1.807) is 48.5 Å². The fraction of sp³-hybridized carbons (Fsp3) is 0.167. The highest BCUT2D eigenvalue weighted by atomic mass is 35.5. The smallest absolute Gasteiger partial charge is 0.265 e. The Morgan fingerprint density at radius 1 is 0.933 bits per heavy atom. The number of carbonyl (C=O) groups excluding carboxylic acids is 2. The molecule has 2 N–H and O–H groups in total. The van der Waals surface area contributed by atoms with E-state index in [1.807, 2.05) is 37.3 Å². The number of hydrogen-bond donors (Lipinski definition) is 2. The maximum absolute atomic E-state index is 12.8. The Bertz CT molecular complexity index is 1010. The van der Waals surface area contributed by atoms with Crippen LogP contribution in [0.3, 0.4) is 0 Å². The van der Waals surface area contributed by atoms with Gasteiger partial charge in [0.25, 0.3) is 11.8 Å². The standard InChI is InChI=1S/C24H23ClN2O3/c1-2-21(30-22-15-9-7-13-19(22)25)24(29)27-20-14-8-6-12-18(20)23(28)26-16-17-10-4-3-5-11-17/h3-15,21H,2,16H2,1H3,(H,26,28)(H,27,29). The zero-order valence-electron chi connectivity index (χ0n) is 16.6. The van der Waals surface area contributed by atoms with Crippen molar-refractivity contribution in [2.75, 3.05) is 5.32 Å². The van der Waals surface area contributed by atoms with E-state index in [0.717, 1.165) is 5.56 Å². The third-order valence-electron chi connectivity index (χ3n) is 4.49. The first-order valence-corrected chi connectivity index (χ1v) is 10.1. The Morgan fingerprint density at radius 2 is 1.60 bits per heavy atom. The summed E-state index contributed by atoms with van der Waals surface area (Å²) in [5.41, 5.74) is 1.80. The average molecular weight is 423 g/mol. The molecule has 0 aromatic heterocycles. The summed E-state index contributed by atoms with van der Waals surface area (Å²) < 4.78 is 5.79. The van der Waals surface area contributed by atoms with E-state index in [4.69, 9.17) is 16.3 Å². The van der Waals surface area contributed by atoms with Crippen LogP contribution >= 0.6 is 11.6 Å². The van der Waals surface area contributed by atoms with Gasteiger partial charge in [0.05, 0.1) is 16.3 Å². The number of amides is 2. The molecule has 0 bridgehead atoms. The first-order chi connectivity index (χ1) is 14.6. The highest BCUT2D eigenvalue weighted by Gasteiger charge is 2.21. The maximum atomic E-state index is 12.8. The predicted octanol–water partition coefficient (Wildman–Crippen LogP) is 5.07. The van der Waals surface area contributed by atoms with Crippen molar-refractivity contribution in [3.8, 4) is 5.75 Å². The summed E-state index contributed by atoms with van der Waals surface area (Å²) >= 11 is 6.13. The van der Waals surface area contributed by atoms with Crippen LogP contribution in [-0.2, 0) is 11.3 Å². The molecule has 0 heterocycles. The molecule has 6 heteroatoms. The van der Waals surface area contributed by atoms with Gasteiger partial charge in [-0.15, -0.1) is 0 Å². The van der Waals surface area contributed by atoms with Gasteiger partial charge in [0.15, 0.2) is 6.10 Å². The molecule has 1 atom stereocenters. The zero-order chi connectivity index (χ0) is 21.3. The molecule has 0 saturated heterocycles. The number of halogens is 1. The molecular formula is C24H23ClN2O3. The highest BCUT2D eigenvalue weighted by Crippen LogP contribution is 2.25. The molecule has 0 spiro atoms. The van der Waals surface area contributed by atoms with Gasteiger partial charge in [-0.25, -0.2) is 0 Å². The number of para-hydroxylation sites is 2. The van der Waals surface area contributed by atoms with Crippen molar-refractivity contribution in [3.63, 3.8) is 0 Å². The highest BCUT2D eigenvalue weighted by molar-refractivity contribution is 6.32. The Labute approximate surface area is 181 Å². The fourth-order valence-electron chi connectivity index (χ4n) is 2.89. The Balaban J connectivity index is 1.69. The van der Waals surface area contributed by atoms with Crippen LogP contribution in [0.1, 0.15) is 29.3 Å². The third-order valence-corrected chi connectivity index (χ3v) is 4.81. The molecular weight excluding hydrogens is 400 g/mol. The minimum absolute atomic E-state index is 0.269. The van der Waals surface area contributed by atoms with E-state index >= 15 is 0 Å². The number of rotatable bonds is 8. The summed E-state index contributed by atoms with van der Waals surface area (Å²) in [6.07, 6.45) is -0.301. The van der Waals surface area contributed by atoms with Crippen LogP contribution < -0.4 is 15.4 Å². The van der Waals surface area contributed by atoms with E-state index in [9.17, 15) is 9.59 Å². The Morgan fingerprint density at radius 3 is 2.33 bits per heavy atom. The minimum Gasteiger partial charge on any atom is -0.479 e. The Kier molecular flexibility index (Phi) is 7.46. The lowest BCUT2D eigenvalue weighted by Crippen LogP contribution is -2.33. The molecule has 0 aliphatic heterocycles. The number of hydrogen-bond acceptors (Lipinski definition) is 3. The van der Waals surface area contributed by atoms with Gasteiger partial charge in [-0.1, -0.05) is 73.1 Å². The largest absolute Gasteiger partial charge is 0.479 e. The van der Waals surface area contributed by atoms with Gasteiger partial charge in [0, 0.05) is 6.54 Å². The van der Waals surface area contributed by atoms with Crippen LogP contribution in [-0.4, -0.2) is 17.9 Å². The third kappa shape index (κ3) is 5.61. The first-order valence-electron chi connectivity index (χ1n) is 9.71. The zero-order valence-corrected chi connectivity index (χ0v) is 17.4. The number of benzene rings is 3. The number of carbonyl (C=O) groups is 2. The second-order valence-electron chi connectivity index (χ2n) is 6.65. The van der Waals surface area contributed by atoms with Crippen molar-refractivity contribution in [1.82, 2.24) is 5.32 Å². The van der Waals surface area contributed by atoms with Gasteiger partial charge in [-0.05, 0) is 36.2 Å². The topological polar surface area (TPSA) is 67.4 Å². The molecule has 154 valence electrons. The van der Waals surface area contributed by atoms with Crippen molar-refractivity contribution >= 4 is 29.1 Å². The molecule has 5 nitrogen and oxygen atoms in total. The van der Waals surface area contributed by atoms with Crippen molar-refractivity contribution in [3.05, 3.63) is 95.0 Å². The first kappa shape index (κ1) is 21.4. The molecule has 3 rings (SSSR count). The molecule has 0 fully saturated rings. The van der Waals surface area contributed by atoms with E-state index in [0.29, 0.717) is 35.0 Å². The van der Waals surface area contributed by atoms with E-state index in [2.05, 4.69) is 10.6 Å². The summed E-state index contributed by atoms with van der Waals surface area (Å²) in [6, 6.07) is 23.5. The Hall–Kier alpha value is -3.31. The predicted molar refractivity (Wildman–Crippen MR) is 119 cm³/mol. The molecule has 1 unspecified atom stereocenters. The van der Waals surface area contributed by atoms with Gasteiger partial charge in [0.1, 0.15) is 5.75 Å². The summed E-state index contributed by atoms with van der Waals surface area (Å²) in [7, 11) is 0. The maximum Gasteiger partial charge on any atom is 0.265 e. The molecule has 0 aliphatic rings. The van der Waals surface area contributed by atoms with Crippen molar-refractivity contribution < 1.29 is 14.3 Å². The van der Waals surface area contributed by atoms with E-state index in [1.165, 1.54) is 0 Å². The van der Waals surface area contributed by atoms with Crippen LogP contribution in [0.15, 0.2) is 78.9 Å². The summed E-state index contributed by atoms with van der Waals surface area (Å²) in [4.78, 5) is 25.5. The second-order valence-corrected chi connectivity index (χ2v) is 7.06. The summed E-state index contributed by atoms with van der Waals surface area (Å²) in [5, 5.41) is 6.13. The molecule has 0 saturated carbocycles. The number of anilines is 1. The van der Waals surface area contributed by atoms with Crippen molar-refractivity contribution in [2.45, 2.75) is 26.0 Å². The van der Waals surface area contributed by atoms with Gasteiger partial charge in [0.2, 0.25) is 0 Å². The van der Waals surface area contributed by atoms with Crippen molar-refractivity contribution in [2.24, 2.45) is 0 Å². The molecule has 2 amide bonds. The van der Waals surface area contributed by atoms with Gasteiger partial charge in [-0.3, -0.25) is 9.59 Å². The SMILES string of the molecule is CCC(Oc1ccccc1Cl)C(=O)Nc1ccccc1C(=O)NCc1ccccc1. The summed E-state index contributed by atoms with van der Waals surface area (Å²) in [5.74, 6) is -0.175. The second kappa shape index (κ2) is 10.5. The lowest BCUT2D eigenvalue weighted by Gasteiger charge is -2.19. The van der Waals surface area contributed by atoms with E-state index in [-0.39, 0.29) is 11.8 Å². The lowest BCUT2D eigenvalue weighted by molar-refractivity contribution is -0.122. The molecule has 30 heavy (non-hydrogen) atoms.